The maximum atomic E-state index is 9.25. The highest BCUT2D eigenvalue weighted by molar-refractivity contribution is 9.09. The Morgan fingerprint density at radius 2 is 1.82 bits per heavy atom. The normalized spacial score (nSPS) is 49.2. The van der Waals surface area contributed by atoms with Crippen LogP contribution in [0.1, 0.15) is 53.4 Å². The molecule has 4 atom stereocenters. The Labute approximate surface area is 113 Å². The zero-order valence-electron chi connectivity index (χ0n) is 11.2. The van der Waals surface area contributed by atoms with Crippen LogP contribution in [0, 0.1) is 22.7 Å². The number of fused-ring (bicyclic) bond motifs is 1. The molecule has 2 aliphatic rings. The molecule has 0 spiro atoms. The smallest absolute Gasteiger partial charge is 0.152 e. The van der Waals surface area contributed by atoms with Crippen molar-refractivity contribution in [3.05, 3.63) is 0 Å². The Bertz CT molecular complexity index is 362. The Kier molecular flexibility index (Phi) is 3.12. The summed E-state index contributed by atoms with van der Waals surface area (Å²) >= 11 is 3.82. The minimum Gasteiger partial charge on any atom is -0.354 e. The van der Waals surface area contributed by atoms with Crippen LogP contribution in [0.3, 0.4) is 0 Å². The molecule has 0 amide bonds. The van der Waals surface area contributed by atoms with Gasteiger partial charge in [-0.1, -0.05) is 29.8 Å². The molecule has 0 aromatic heterocycles. The monoisotopic (exact) mass is 299 g/mol. The molecule has 96 valence electrons. The Morgan fingerprint density at radius 1 is 1.18 bits per heavy atom. The number of alkyl halides is 1. The highest BCUT2D eigenvalue weighted by Gasteiger charge is 2.56. The van der Waals surface area contributed by atoms with Crippen LogP contribution in [0.25, 0.3) is 0 Å². The first-order chi connectivity index (χ1) is 7.73. The van der Waals surface area contributed by atoms with Crippen molar-refractivity contribution in [2.75, 3.05) is 0 Å². The van der Waals surface area contributed by atoms with Gasteiger partial charge < -0.3 is 4.74 Å². The lowest BCUT2D eigenvalue weighted by atomic mass is 9.58. The van der Waals surface area contributed by atoms with Gasteiger partial charge in [-0.15, -0.1) is 0 Å². The van der Waals surface area contributed by atoms with Crippen molar-refractivity contribution in [2.24, 2.45) is 11.3 Å². The second kappa shape index (κ2) is 3.96. The zero-order chi connectivity index (χ0) is 12.9. The maximum Gasteiger partial charge on any atom is 0.152 e. The van der Waals surface area contributed by atoms with E-state index in [4.69, 9.17) is 4.74 Å². The Morgan fingerprint density at radius 3 is 2.41 bits per heavy atom. The van der Waals surface area contributed by atoms with Gasteiger partial charge in [0.15, 0.2) is 5.60 Å². The summed E-state index contributed by atoms with van der Waals surface area (Å²) < 4.78 is 6.22. The summed E-state index contributed by atoms with van der Waals surface area (Å²) in [4.78, 5) is 0.558. The minimum atomic E-state index is -0.583. The lowest BCUT2D eigenvalue weighted by Crippen LogP contribution is -2.59. The highest BCUT2D eigenvalue weighted by atomic mass is 79.9. The van der Waals surface area contributed by atoms with Crippen molar-refractivity contribution >= 4 is 15.9 Å². The van der Waals surface area contributed by atoms with Crippen LogP contribution in [0.2, 0.25) is 0 Å². The summed E-state index contributed by atoms with van der Waals surface area (Å²) in [5, 5.41) is 9.25. The number of rotatable bonds is 0. The van der Waals surface area contributed by atoms with Crippen LogP contribution >= 0.6 is 15.9 Å². The minimum absolute atomic E-state index is 0.128. The number of nitriles is 1. The van der Waals surface area contributed by atoms with E-state index in [1.165, 1.54) is 0 Å². The van der Waals surface area contributed by atoms with Crippen LogP contribution in [0.4, 0.5) is 0 Å². The molecule has 0 N–H and O–H groups in total. The average Bonchev–Trinajstić information content (AvgIpc) is 2.24. The lowest BCUT2D eigenvalue weighted by Gasteiger charge is -2.57. The number of hydrogen-bond donors (Lipinski definition) is 0. The fraction of sp³-hybridized carbons (Fsp3) is 0.929. The van der Waals surface area contributed by atoms with Crippen LogP contribution < -0.4 is 0 Å². The molecule has 0 aromatic rings. The van der Waals surface area contributed by atoms with Crippen molar-refractivity contribution in [2.45, 2.75) is 69.4 Å². The molecule has 1 saturated heterocycles. The summed E-state index contributed by atoms with van der Waals surface area (Å²) in [6, 6.07) is 2.34. The maximum absolute atomic E-state index is 9.25. The lowest BCUT2D eigenvalue weighted by molar-refractivity contribution is -0.216. The first-order valence-corrected chi connectivity index (χ1v) is 7.41. The molecule has 3 heteroatoms. The van der Waals surface area contributed by atoms with E-state index in [1.54, 1.807) is 0 Å². The first kappa shape index (κ1) is 13.4. The summed E-state index contributed by atoms with van der Waals surface area (Å²) in [6.07, 6.45) is 4.12. The van der Waals surface area contributed by atoms with E-state index in [0.29, 0.717) is 10.7 Å². The fourth-order valence-corrected chi connectivity index (χ4v) is 4.38. The van der Waals surface area contributed by atoms with Crippen LogP contribution in [0.5, 0.6) is 0 Å². The van der Waals surface area contributed by atoms with Gasteiger partial charge in [-0.2, -0.15) is 5.26 Å². The third kappa shape index (κ3) is 2.04. The predicted molar refractivity (Wildman–Crippen MR) is 72.0 cm³/mol. The van der Waals surface area contributed by atoms with Gasteiger partial charge in [-0.25, -0.2) is 0 Å². The molecule has 0 unspecified atom stereocenters. The number of ether oxygens (including phenoxy) is 1. The van der Waals surface area contributed by atoms with Gasteiger partial charge >= 0.3 is 0 Å². The van der Waals surface area contributed by atoms with E-state index in [0.717, 1.165) is 25.7 Å². The van der Waals surface area contributed by atoms with Gasteiger partial charge in [0.1, 0.15) is 0 Å². The van der Waals surface area contributed by atoms with Crippen molar-refractivity contribution in [3.63, 3.8) is 0 Å². The van der Waals surface area contributed by atoms with Gasteiger partial charge in [0.05, 0.1) is 11.7 Å². The van der Waals surface area contributed by atoms with Crippen LogP contribution in [0.15, 0.2) is 0 Å². The number of nitrogens with zero attached hydrogens (tertiary/aromatic N) is 1. The second-order valence-corrected chi connectivity index (χ2v) is 7.78. The Hall–Kier alpha value is -0.0700. The molecule has 1 heterocycles. The van der Waals surface area contributed by atoms with E-state index >= 15 is 0 Å². The molecule has 2 nitrogen and oxygen atoms in total. The van der Waals surface area contributed by atoms with Crippen molar-refractivity contribution in [1.29, 1.82) is 5.26 Å². The summed E-state index contributed by atoms with van der Waals surface area (Å²) in [5.41, 5.74) is -0.471. The Balaban J connectivity index is 2.30. The SMILES string of the molecule is CC1(C)[C@@H](Br)CC[C@]2(C)O[C@](C)(C#N)CC[C@@H]12. The molecule has 0 radical (unpaired) electrons. The number of hydrogen-bond acceptors (Lipinski definition) is 2. The fourth-order valence-electron chi connectivity index (χ4n) is 3.83. The van der Waals surface area contributed by atoms with Gasteiger partial charge in [-0.05, 0) is 50.9 Å². The molecule has 2 fully saturated rings. The second-order valence-electron chi connectivity index (χ2n) is 6.68. The molecule has 0 bridgehead atoms. The molecular formula is C14H22BrNO. The van der Waals surface area contributed by atoms with Crippen LogP contribution in [-0.2, 0) is 4.74 Å². The third-order valence-electron chi connectivity index (χ3n) is 4.94. The third-order valence-corrected chi connectivity index (χ3v) is 6.58. The van der Waals surface area contributed by atoms with E-state index in [1.807, 2.05) is 6.92 Å². The first-order valence-electron chi connectivity index (χ1n) is 6.49. The topological polar surface area (TPSA) is 33.0 Å². The summed E-state index contributed by atoms with van der Waals surface area (Å²) in [5.74, 6) is 0.537. The molecule has 1 saturated carbocycles. The summed E-state index contributed by atoms with van der Waals surface area (Å²) in [6.45, 7) is 8.79. The molecule has 17 heavy (non-hydrogen) atoms. The molecular weight excluding hydrogens is 278 g/mol. The van der Waals surface area contributed by atoms with Crippen molar-refractivity contribution < 1.29 is 4.74 Å². The number of halogens is 1. The van der Waals surface area contributed by atoms with Crippen molar-refractivity contribution in [3.8, 4) is 6.07 Å². The van der Waals surface area contributed by atoms with Gasteiger partial charge in [0, 0.05) is 4.83 Å². The summed E-state index contributed by atoms with van der Waals surface area (Å²) in [7, 11) is 0. The van der Waals surface area contributed by atoms with Gasteiger partial charge in [0.2, 0.25) is 0 Å². The van der Waals surface area contributed by atoms with E-state index in [2.05, 4.69) is 42.8 Å². The van der Waals surface area contributed by atoms with Gasteiger partial charge in [-0.3, -0.25) is 0 Å². The zero-order valence-corrected chi connectivity index (χ0v) is 12.8. The van der Waals surface area contributed by atoms with Crippen LogP contribution in [-0.4, -0.2) is 16.0 Å². The quantitative estimate of drug-likeness (QED) is 0.633. The molecule has 2 rings (SSSR count). The largest absolute Gasteiger partial charge is 0.354 e. The standard InChI is InChI=1S/C14H22BrNO/c1-12(2)10-5-7-13(3,9-16)17-14(10,4)8-6-11(12)15/h10-11H,5-8H2,1-4H3/t10-,11-,13-,14-/m0/s1. The van der Waals surface area contributed by atoms with E-state index in [-0.39, 0.29) is 11.0 Å². The van der Waals surface area contributed by atoms with Crippen molar-refractivity contribution in [1.82, 2.24) is 0 Å². The van der Waals surface area contributed by atoms with E-state index in [9.17, 15) is 5.26 Å². The highest BCUT2D eigenvalue weighted by Crippen LogP contribution is 2.56. The van der Waals surface area contributed by atoms with E-state index < -0.39 is 5.60 Å². The average molecular weight is 300 g/mol. The van der Waals surface area contributed by atoms with Gasteiger partial charge in [0.25, 0.3) is 0 Å². The molecule has 1 aliphatic carbocycles. The predicted octanol–water partition coefficient (Wildman–Crippen LogP) is 4.04. The molecule has 0 aromatic carbocycles. The molecule has 1 aliphatic heterocycles.